The molecule has 1 heterocycles. The van der Waals surface area contributed by atoms with Crippen molar-refractivity contribution in [2.24, 2.45) is 0 Å². The van der Waals surface area contributed by atoms with Gasteiger partial charge in [0, 0.05) is 11.5 Å². The molecule has 100 valence electrons. The van der Waals surface area contributed by atoms with E-state index < -0.39 is 5.97 Å². The number of aromatic nitrogens is 2. The average Bonchev–Trinajstić information content (AvgIpc) is 2.75. The van der Waals surface area contributed by atoms with Crippen molar-refractivity contribution in [1.82, 2.24) is 9.78 Å². The third-order valence-electron chi connectivity index (χ3n) is 2.60. The second-order valence-electron chi connectivity index (χ2n) is 3.74. The molecule has 0 saturated heterocycles. The second-order valence-corrected chi connectivity index (χ2v) is 4.66. The van der Waals surface area contributed by atoms with Crippen LogP contribution in [0.15, 0.2) is 28.7 Å². The zero-order valence-corrected chi connectivity index (χ0v) is 12.1. The van der Waals surface area contributed by atoms with Crippen LogP contribution in [0, 0.1) is 0 Å². The molecule has 0 aliphatic rings. The van der Waals surface area contributed by atoms with Gasteiger partial charge in [-0.25, -0.2) is 9.48 Å². The number of esters is 1. The SMILES string of the molecule is CNc1nn(-c2cccc(Br)c2)c(N)c1C(=O)OC. The third-order valence-corrected chi connectivity index (χ3v) is 3.09. The lowest BCUT2D eigenvalue weighted by atomic mass is 10.3. The molecule has 19 heavy (non-hydrogen) atoms. The first-order chi connectivity index (χ1) is 9.08. The van der Waals surface area contributed by atoms with Crippen molar-refractivity contribution in [3.8, 4) is 5.69 Å². The summed E-state index contributed by atoms with van der Waals surface area (Å²) in [6.07, 6.45) is 0. The van der Waals surface area contributed by atoms with Gasteiger partial charge in [-0.1, -0.05) is 22.0 Å². The molecule has 0 radical (unpaired) electrons. The number of methoxy groups -OCH3 is 1. The van der Waals surface area contributed by atoms with Gasteiger partial charge < -0.3 is 15.8 Å². The summed E-state index contributed by atoms with van der Waals surface area (Å²) >= 11 is 3.38. The van der Waals surface area contributed by atoms with Crippen molar-refractivity contribution < 1.29 is 9.53 Å². The van der Waals surface area contributed by atoms with Crippen molar-refractivity contribution in [3.63, 3.8) is 0 Å². The summed E-state index contributed by atoms with van der Waals surface area (Å²) in [5.74, 6) is 0.0849. The van der Waals surface area contributed by atoms with Crippen LogP contribution in [0.5, 0.6) is 0 Å². The van der Waals surface area contributed by atoms with Crippen LogP contribution >= 0.6 is 15.9 Å². The molecule has 0 fully saturated rings. The Morgan fingerprint density at radius 2 is 2.26 bits per heavy atom. The Bertz CT molecular complexity index is 624. The van der Waals surface area contributed by atoms with Crippen LogP contribution in [0.3, 0.4) is 0 Å². The van der Waals surface area contributed by atoms with E-state index in [0.717, 1.165) is 10.2 Å². The highest BCUT2D eigenvalue weighted by atomic mass is 79.9. The van der Waals surface area contributed by atoms with Crippen molar-refractivity contribution in [3.05, 3.63) is 34.3 Å². The number of hydrogen-bond acceptors (Lipinski definition) is 5. The minimum atomic E-state index is -0.525. The van der Waals surface area contributed by atoms with Crippen LogP contribution in [0.25, 0.3) is 5.69 Å². The molecule has 0 aliphatic heterocycles. The van der Waals surface area contributed by atoms with E-state index in [1.807, 2.05) is 24.3 Å². The van der Waals surface area contributed by atoms with Gasteiger partial charge in [0.2, 0.25) is 0 Å². The molecule has 0 bridgehead atoms. The molecule has 7 heteroatoms. The maximum Gasteiger partial charge on any atom is 0.345 e. The van der Waals surface area contributed by atoms with Gasteiger partial charge in [-0.2, -0.15) is 0 Å². The van der Waals surface area contributed by atoms with Gasteiger partial charge in [0.1, 0.15) is 11.4 Å². The molecule has 0 saturated carbocycles. The number of nitrogen functional groups attached to an aromatic ring is 1. The van der Waals surface area contributed by atoms with Crippen LogP contribution in [-0.2, 0) is 4.74 Å². The number of nitrogens with one attached hydrogen (secondary N) is 1. The predicted molar refractivity (Wildman–Crippen MR) is 76.6 cm³/mol. The number of halogens is 1. The van der Waals surface area contributed by atoms with E-state index in [9.17, 15) is 4.79 Å². The van der Waals surface area contributed by atoms with E-state index in [1.165, 1.54) is 11.8 Å². The van der Waals surface area contributed by atoms with E-state index in [-0.39, 0.29) is 11.4 Å². The maximum absolute atomic E-state index is 11.7. The number of ether oxygens (including phenoxy) is 1. The molecular weight excluding hydrogens is 312 g/mol. The van der Waals surface area contributed by atoms with Gasteiger partial charge >= 0.3 is 5.97 Å². The minimum absolute atomic E-state index is 0.227. The fourth-order valence-corrected chi connectivity index (χ4v) is 2.10. The molecule has 1 aromatic carbocycles. The number of carbonyl (C=O) groups is 1. The summed E-state index contributed by atoms with van der Waals surface area (Å²) in [7, 11) is 2.97. The zero-order valence-electron chi connectivity index (χ0n) is 10.5. The Kier molecular flexibility index (Phi) is 3.75. The monoisotopic (exact) mass is 324 g/mol. The van der Waals surface area contributed by atoms with E-state index >= 15 is 0 Å². The van der Waals surface area contributed by atoms with Gasteiger partial charge in [-0.05, 0) is 18.2 Å². The van der Waals surface area contributed by atoms with Gasteiger partial charge in [0.25, 0.3) is 0 Å². The quantitative estimate of drug-likeness (QED) is 0.844. The van der Waals surface area contributed by atoms with Crippen LogP contribution in [0.4, 0.5) is 11.6 Å². The number of hydrogen-bond donors (Lipinski definition) is 2. The Morgan fingerprint density at radius 3 is 2.84 bits per heavy atom. The van der Waals surface area contributed by atoms with Crippen molar-refractivity contribution in [2.45, 2.75) is 0 Å². The first-order valence-electron chi connectivity index (χ1n) is 5.49. The molecule has 2 aromatic rings. The smallest absolute Gasteiger partial charge is 0.345 e. The largest absolute Gasteiger partial charge is 0.465 e. The number of carbonyl (C=O) groups excluding carboxylic acids is 1. The second kappa shape index (κ2) is 5.31. The highest BCUT2D eigenvalue weighted by molar-refractivity contribution is 9.10. The van der Waals surface area contributed by atoms with E-state index in [4.69, 9.17) is 10.5 Å². The summed E-state index contributed by atoms with van der Waals surface area (Å²) in [6, 6.07) is 7.44. The summed E-state index contributed by atoms with van der Waals surface area (Å²) in [5, 5.41) is 7.10. The lowest BCUT2D eigenvalue weighted by Gasteiger charge is -2.04. The lowest BCUT2D eigenvalue weighted by Crippen LogP contribution is -2.08. The van der Waals surface area contributed by atoms with Gasteiger partial charge in [-0.15, -0.1) is 5.10 Å². The summed E-state index contributed by atoms with van der Waals surface area (Å²) < 4.78 is 7.09. The number of benzene rings is 1. The van der Waals surface area contributed by atoms with Gasteiger partial charge in [-0.3, -0.25) is 0 Å². The Balaban J connectivity index is 2.60. The lowest BCUT2D eigenvalue weighted by molar-refractivity contribution is 0.0603. The highest BCUT2D eigenvalue weighted by Gasteiger charge is 2.22. The fourth-order valence-electron chi connectivity index (χ4n) is 1.71. The number of nitrogens with two attached hydrogens (primary N) is 1. The number of rotatable bonds is 3. The molecule has 0 amide bonds. The Morgan fingerprint density at radius 1 is 1.53 bits per heavy atom. The third kappa shape index (κ3) is 2.41. The zero-order chi connectivity index (χ0) is 14.0. The molecule has 0 aliphatic carbocycles. The Labute approximate surface area is 118 Å². The normalized spacial score (nSPS) is 10.3. The first kappa shape index (κ1) is 13.4. The Hall–Kier alpha value is -2.02. The van der Waals surface area contributed by atoms with Gasteiger partial charge in [0.15, 0.2) is 5.82 Å². The van der Waals surface area contributed by atoms with Gasteiger partial charge in [0.05, 0.1) is 12.8 Å². The topological polar surface area (TPSA) is 82.2 Å². The van der Waals surface area contributed by atoms with E-state index in [1.54, 1.807) is 7.05 Å². The standard InChI is InChI=1S/C12H13BrN4O2/c1-15-11-9(12(18)19-2)10(14)17(16-11)8-5-3-4-7(13)6-8/h3-6H,14H2,1-2H3,(H,15,16). The average molecular weight is 325 g/mol. The number of nitrogens with zero attached hydrogens (tertiary/aromatic N) is 2. The minimum Gasteiger partial charge on any atom is -0.465 e. The van der Waals surface area contributed by atoms with Crippen molar-refractivity contribution in [1.29, 1.82) is 0 Å². The molecule has 0 unspecified atom stereocenters. The number of anilines is 2. The highest BCUT2D eigenvalue weighted by Crippen LogP contribution is 2.26. The van der Waals surface area contributed by atoms with Crippen LogP contribution in [0.1, 0.15) is 10.4 Å². The molecule has 2 rings (SSSR count). The van der Waals surface area contributed by atoms with E-state index in [0.29, 0.717) is 5.82 Å². The molecule has 3 N–H and O–H groups in total. The van der Waals surface area contributed by atoms with Crippen molar-refractivity contribution >= 4 is 33.5 Å². The summed E-state index contributed by atoms with van der Waals surface area (Å²) in [5.41, 5.74) is 6.96. The molecule has 1 aromatic heterocycles. The van der Waals surface area contributed by atoms with Crippen LogP contribution in [-0.4, -0.2) is 29.9 Å². The molecule has 6 nitrogen and oxygen atoms in total. The molecule has 0 spiro atoms. The molecular formula is C12H13BrN4O2. The molecule has 0 atom stereocenters. The summed E-state index contributed by atoms with van der Waals surface area (Å²) in [6.45, 7) is 0. The first-order valence-corrected chi connectivity index (χ1v) is 6.28. The maximum atomic E-state index is 11.7. The fraction of sp³-hybridized carbons (Fsp3) is 0.167. The van der Waals surface area contributed by atoms with Crippen LogP contribution < -0.4 is 11.1 Å². The van der Waals surface area contributed by atoms with E-state index in [2.05, 4.69) is 26.3 Å². The predicted octanol–water partition coefficient (Wildman–Crippen LogP) is 2.05. The van der Waals surface area contributed by atoms with Crippen LogP contribution in [0.2, 0.25) is 0 Å². The summed E-state index contributed by atoms with van der Waals surface area (Å²) in [4.78, 5) is 11.7. The van der Waals surface area contributed by atoms with Crippen molar-refractivity contribution in [2.75, 3.05) is 25.2 Å².